The fourth-order valence-corrected chi connectivity index (χ4v) is 6.39. The zero-order valence-corrected chi connectivity index (χ0v) is 19.7. The molecule has 5 rings (SSSR count). The number of para-hydroxylation sites is 1. The summed E-state index contributed by atoms with van der Waals surface area (Å²) in [5.41, 5.74) is 4.23. The minimum atomic E-state index is 0.138. The summed E-state index contributed by atoms with van der Waals surface area (Å²) >= 11 is 1.86. The minimum absolute atomic E-state index is 0.138. The van der Waals surface area contributed by atoms with Gasteiger partial charge in [-0.3, -0.25) is 4.79 Å². The molecule has 2 heterocycles. The van der Waals surface area contributed by atoms with Gasteiger partial charge in [0.25, 0.3) is 0 Å². The molecule has 1 unspecified atom stereocenters. The molecule has 0 amide bonds. The highest BCUT2D eigenvalue weighted by molar-refractivity contribution is 7.18. The number of piperidine rings is 1. The van der Waals surface area contributed by atoms with Crippen molar-refractivity contribution in [3.8, 4) is 5.75 Å². The lowest BCUT2D eigenvalue weighted by atomic mass is 9.94. The number of carbonyl (C=O) groups is 1. The zero-order chi connectivity index (χ0) is 22.1. The number of carbonyl (C=O) groups excluding carboxylic acids is 1. The highest BCUT2D eigenvalue weighted by atomic mass is 32.1. The molecule has 1 atom stereocenters. The molecule has 3 aromatic rings. The Labute approximate surface area is 193 Å². The number of ether oxygens (including phenoxy) is 1. The van der Waals surface area contributed by atoms with E-state index in [2.05, 4.69) is 41.3 Å². The predicted molar refractivity (Wildman–Crippen MR) is 132 cm³/mol. The van der Waals surface area contributed by atoms with Gasteiger partial charge in [-0.2, -0.15) is 0 Å². The van der Waals surface area contributed by atoms with Crippen LogP contribution in [0, 0.1) is 0 Å². The summed E-state index contributed by atoms with van der Waals surface area (Å²) in [6.45, 7) is 5.04. The highest BCUT2D eigenvalue weighted by Crippen LogP contribution is 2.44. The number of benzene rings is 2. The first-order chi connectivity index (χ1) is 15.6. The number of fused-ring (bicyclic) bond motifs is 2. The monoisotopic (exact) mass is 446 g/mol. The van der Waals surface area contributed by atoms with Crippen LogP contribution in [-0.4, -0.2) is 42.4 Å². The molecule has 1 aliphatic carbocycles. The minimum Gasteiger partial charge on any atom is -0.496 e. The largest absolute Gasteiger partial charge is 0.496 e. The number of aromatic nitrogens is 1. The molecule has 1 fully saturated rings. The lowest BCUT2D eigenvalue weighted by Crippen LogP contribution is -2.33. The molecule has 4 nitrogen and oxygen atoms in total. The molecule has 0 N–H and O–H groups in total. The summed E-state index contributed by atoms with van der Waals surface area (Å²) < 4.78 is 6.93. The molecule has 1 saturated heterocycles. The van der Waals surface area contributed by atoms with Gasteiger partial charge in [-0.1, -0.05) is 30.3 Å². The van der Waals surface area contributed by atoms with Crippen LogP contribution in [0.25, 0.3) is 15.8 Å². The first-order valence-electron chi connectivity index (χ1n) is 11.6. The van der Waals surface area contributed by atoms with Gasteiger partial charge >= 0.3 is 0 Å². The van der Waals surface area contributed by atoms with Crippen LogP contribution in [0.1, 0.15) is 60.6 Å². The second kappa shape index (κ2) is 9.16. The Bertz CT molecular complexity index is 1120. The summed E-state index contributed by atoms with van der Waals surface area (Å²) in [6, 6.07) is 14.5. The van der Waals surface area contributed by atoms with Crippen LogP contribution in [0.5, 0.6) is 5.75 Å². The van der Waals surface area contributed by atoms with E-state index in [1.165, 1.54) is 28.1 Å². The Hall–Kier alpha value is -2.50. The van der Waals surface area contributed by atoms with E-state index in [9.17, 15) is 4.79 Å². The maximum Gasteiger partial charge on any atom is 0.160 e. The van der Waals surface area contributed by atoms with Crippen molar-refractivity contribution >= 4 is 32.9 Å². The first kappa shape index (κ1) is 21.4. The van der Waals surface area contributed by atoms with Crippen molar-refractivity contribution in [3.05, 3.63) is 64.7 Å². The van der Waals surface area contributed by atoms with E-state index in [1.807, 2.05) is 23.5 Å². The number of ketones is 1. The van der Waals surface area contributed by atoms with Gasteiger partial charge in [0, 0.05) is 23.0 Å². The van der Waals surface area contributed by atoms with Crippen molar-refractivity contribution in [2.75, 3.05) is 26.7 Å². The van der Waals surface area contributed by atoms with Gasteiger partial charge in [0.1, 0.15) is 5.75 Å². The third-order valence-corrected chi connectivity index (χ3v) is 8.13. The van der Waals surface area contributed by atoms with Crippen LogP contribution in [0.4, 0.5) is 0 Å². The standard InChI is InChI=1S/C27H30N2O2S/c1-18(30)22-17-20(26-21(22)8-5-10-24(26)31-2)7-6-14-29-15-12-19(13-16-29)27-28-23-9-3-4-11-25(23)32-27/h3-5,8-11,17,19-20H,6-7,12-16H2,1-2H3. The average Bonchev–Trinajstić information content (AvgIpc) is 3.41. The Morgan fingerprint density at radius 2 is 1.97 bits per heavy atom. The third-order valence-electron chi connectivity index (χ3n) is 6.93. The molecular formula is C27H30N2O2S. The second-order valence-electron chi connectivity index (χ2n) is 8.94. The molecule has 32 heavy (non-hydrogen) atoms. The molecule has 0 spiro atoms. The maximum absolute atomic E-state index is 12.2. The summed E-state index contributed by atoms with van der Waals surface area (Å²) in [7, 11) is 1.72. The number of thiazole rings is 1. The molecule has 1 aromatic heterocycles. The summed E-state index contributed by atoms with van der Waals surface area (Å²) in [5, 5.41) is 1.31. The van der Waals surface area contributed by atoms with E-state index < -0.39 is 0 Å². The van der Waals surface area contributed by atoms with Crippen molar-refractivity contribution < 1.29 is 9.53 Å². The summed E-state index contributed by atoms with van der Waals surface area (Å²) in [4.78, 5) is 19.6. The third kappa shape index (κ3) is 4.12. The molecule has 2 aliphatic rings. The van der Waals surface area contributed by atoms with Gasteiger partial charge in [0.2, 0.25) is 0 Å². The van der Waals surface area contributed by atoms with Gasteiger partial charge in [-0.25, -0.2) is 4.98 Å². The summed E-state index contributed by atoms with van der Waals surface area (Å²) in [5.74, 6) is 1.89. The number of hydrogen-bond donors (Lipinski definition) is 0. The van der Waals surface area contributed by atoms with Crippen LogP contribution in [0.2, 0.25) is 0 Å². The molecule has 166 valence electrons. The van der Waals surface area contributed by atoms with E-state index in [0.717, 1.165) is 54.9 Å². The average molecular weight is 447 g/mol. The van der Waals surface area contributed by atoms with Crippen molar-refractivity contribution in [3.63, 3.8) is 0 Å². The molecule has 2 aromatic carbocycles. The van der Waals surface area contributed by atoms with Crippen LogP contribution >= 0.6 is 11.3 Å². The maximum atomic E-state index is 12.2. The first-order valence-corrected chi connectivity index (χ1v) is 12.4. The molecule has 0 saturated carbocycles. The number of rotatable bonds is 7. The lowest BCUT2D eigenvalue weighted by Gasteiger charge is -2.31. The Morgan fingerprint density at radius 1 is 1.16 bits per heavy atom. The Morgan fingerprint density at radius 3 is 2.72 bits per heavy atom. The summed E-state index contributed by atoms with van der Waals surface area (Å²) in [6.07, 6.45) is 6.70. The zero-order valence-electron chi connectivity index (χ0n) is 18.8. The van der Waals surface area contributed by atoms with Crippen molar-refractivity contribution in [1.29, 1.82) is 0 Å². The van der Waals surface area contributed by atoms with Gasteiger partial charge in [0.05, 0.1) is 22.3 Å². The van der Waals surface area contributed by atoms with E-state index in [1.54, 1.807) is 14.0 Å². The quantitative estimate of drug-likeness (QED) is 0.444. The fourth-order valence-electron chi connectivity index (χ4n) is 5.25. The van der Waals surface area contributed by atoms with Gasteiger partial charge < -0.3 is 9.64 Å². The molecule has 0 bridgehead atoms. The Balaban J connectivity index is 1.17. The number of hydrogen-bond acceptors (Lipinski definition) is 5. The van der Waals surface area contributed by atoms with Crippen LogP contribution in [0.15, 0.2) is 48.5 Å². The van der Waals surface area contributed by atoms with Crippen molar-refractivity contribution in [2.45, 2.75) is 44.4 Å². The van der Waals surface area contributed by atoms with Crippen LogP contribution < -0.4 is 4.74 Å². The molecule has 0 radical (unpaired) electrons. The van der Waals surface area contributed by atoms with E-state index >= 15 is 0 Å². The van der Waals surface area contributed by atoms with Crippen molar-refractivity contribution in [2.24, 2.45) is 0 Å². The predicted octanol–water partition coefficient (Wildman–Crippen LogP) is 6.03. The highest BCUT2D eigenvalue weighted by Gasteiger charge is 2.29. The van der Waals surface area contributed by atoms with E-state index in [4.69, 9.17) is 9.72 Å². The van der Waals surface area contributed by atoms with Gasteiger partial charge in [0.15, 0.2) is 5.78 Å². The van der Waals surface area contributed by atoms with E-state index in [-0.39, 0.29) is 11.7 Å². The molecule has 1 aliphatic heterocycles. The van der Waals surface area contributed by atoms with Crippen LogP contribution in [-0.2, 0) is 4.79 Å². The molecular weight excluding hydrogens is 416 g/mol. The normalized spacial score (nSPS) is 19.2. The number of Topliss-reactive ketones (excluding diaryl/α,β-unsaturated/α-hetero) is 1. The molecule has 5 heteroatoms. The second-order valence-corrected chi connectivity index (χ2v) is 10.0. The Kier molecular flexibility index (Phi) is 6.11. The van der Waals surface area contributed by atoms with Crippen LogP contribution in [0.3, 0.4) is 0 Å². The fraction of sp³-hybridized carbons (Fsp3) is 0.407. The number of nitrogens with zero attached hydrogens (tertiary/aromatic N) is 2. The van der Waals surface area contributed by atoms with E-state index in [0.29, 0.717) is 5.92 Å². The van der Waals surface area contributed by atoms with Gasteiger partial charge in [-0.15, -0.1) is 11.3 Å². The number of likely N-dealkylation sites (tertiary alicyclic amines) is 1. The number of methoxy groups -OCH3 is 1. The lowest BCUT2D eigenvalue weighted by molar-refractivity contribution is -0.111. The SMILES string of the molecule is COc1cccc2c1C(CCCN1CCC(c3nc4ccccc4s3)CC1)C=C2C(C)=O. The van der Waals surface area contributed by atoms with Gasteiger partial charge in [-0.05, 0) is 76.0 Å². The smallest absolute Gasteiger partial charge is 0.160 e. The van der Waals surface area contributed by atoms with Crippen molar-refractivity contribution in [1.82, 2.24) is 9.88 Å². The topological polar surface area (TPSA) is 42.4 Å². The number of allylic oxidation sites excluding steroid dienone is 2.